The van der Waals surface area contributed by atoms with Gasteiger partial charge in [-0.1, -0.05) is 34.3 Å². The normalized spacial score (nSPS) is 14.7. The number of fused-ring (bicyclic) bond motifs is 5. The number of carbonyl (C=O) groups excluding carboxylic acids is 1. The second-order valence-electron chi connectivity index (χ2n) is 7.64. The molecule has 0 spiro atoms. The van der Waals surface area contributed by atoms with Crippen molar-refractivity contribution in [3.63, 3.8) is 0 Å². The highest BCUT2D eigenvalue weighted by Crippen LogP contribution is 2.34. The summed E-state index contributed by atoms with van der Waals surface area (Å²) in [6.45, 7) is 7.42. The molecular formula is C26H31N3O5. The Labute approximate surface area is 199 Å². The molecule has 0 aliphatic carbocycles. The number of aromatic nitrogens is 2. The van der Waals surface area contributed by atoms with Crippen molar-refractivity contribution in [1.29, 1.82) is 0 Å². The van der Waals surface area contributed by atoms with Crippen LogP contribution in [0.1, 0.15) is 51.0 Å². The summed E-state index contributed by atoms with van der Waals surface area (Å²) in [7, 11) is 4.11. The second kappa shape index (κ2) is 11.1. The molecule has 3 aromatic rings. The summed E-state index contributed by atoms with van der Waals surface area (Å²) < 4.78 is 6.41. The van der Waals surface area contributed by atoms with Crippen molar-refractivity contribution < 1.29 is 14.6 Å². The van der Waals surface area contributed by atoms with E-state index in [4.69, 9.17) is 4.74 Å². The largest absolute Gasteiger partial charge is 0.458 e. The molecular weight excluding hydrogens is 434 g/mol. The molecule has 180 valence electrons. The van der Waals surface area contributed by atoms with E-state index in [1.807, 2.05) is 19.9 Å². The van der Waals surface area contributed by atoms with Gasteiger partial charge < -0.3 is 19.3 Å². The van der Waals surface area contributed by atoms with E-state index in [0.29, 0.717) is 28.8 Å². The van der Waals surface area contributed by atoms with E-state index in [2.05, 4.69) is 43.0 Å². The summed E-state index contributed by atoms with van der Waals surface area (Å²) in [5.41, 5.74) is 2.37. The molecule has 8 nitrogen and oxygen atoms in total. The van der Waals surface area contributed by atoms with Gasteiger partial charge in [0.1, 0.15) is 6.61 Å². The first kappa shape index (κ1) is 26.7. The summed E-state index contributed by atoms with van der Waals surface area (Å²) in [4.78, 5) is 42.6. The van der Waals surface area contributed by atoms with Crippen molar-refractivity contribution in [3.05, 3.63) is 73.7 Å². The smallest absolute Gasteiger partial charge is 0.340 e. The first-order chi connectivity index (χ1) is 15.8. The van der Waals surface area contributed by atoms with Gasteiger partial charge in [-0.15, -0.1) is 0 Å². The Kier molecular flexibility index (Phi) is 8.68. The van der Waals surface area contributed by atoms with E-state index in [1.165, 1.54) is 6.07 Å². The standard InChI is InChI=1S/C19H10N2O5.C4H11N.C2H6.CH4/c22-11-2-1-9-5-10-7-21-15(16(10)20-14(9)4-3-11)6-12-13(18(21)24)8-26-19(25)17(12)23;1-4-5(2)3;1-2;/h3-6,17,23H,7-8H2;4H2,1-3H3;1-2H3;1H4. The zero-order valence-electron chi connectivity index (χ0n) is 19.4. The lowest BCUT2D eigenvalue weighted by Gasteiger charge is -2.21. The SMILES string of the molecule is C.CC.CCN(C)C.O=C1OCc2c(cc3n(c2=O)Cc2cc4c#cc(=O)ccc4nc2-3)C1O. The van der Waals surface area contributed by atoms with E-state index < -0.39 is 12.1 Å². The average Bonchev–Trinajstić information content (AvgIpc) is 3.07. The number of pyridine rings is 2. The van der Waals surface area contributed by atoms with Crippen LogP contribution in [0.4, 0.5) is 0 Å². The third-order valence-corrected chi connectivity index (χ3v) is 5.36. The molecule has 1 atom stereocenters. The number of ether oxygens (including phenoxy) is 1. The molecule has 0 fully saturated rings. The van der Waals surface area contributed by atoms with Gasteiger partial charge in [-0.2, -0.15) is 0 Å². The van der Waals surface area contributed by atoms with Crippen LogP contribution in [-0.4, -0.2) is 46.2 Å². The highest BCUT2D eigenvalue weighted by atomic mass is 16.5. The molecule has 34 heavy (non-hydrogen) atoms. The Morgan fingerprint density at radius 2 is 1.85 bits per heavy atom. The van der Waals surface area contributed by atoms with Crippen LogP contribution in [0.5, 0.6) is 0 Å². The van der Waals surface area contributed by atoms with Crippen molar-refractivity contribution >= 4 is 16.9 Å². The van der Waals surface area contributed by atoms with Gasteiger partial charge in [0.05, 0.1) is 34.4 Å². The summed E-state index contributed by atoms with van der Waals surface area (Å²) in [5.74, 6) is -0.772. The van der Waals surface area contributed by atoms with Crippen LogP contribution in [0.3, 0.4) is 0 Å². The van der Waals surface area contributed by atoms with E-state index in [-0.39, 0.29) is 36.1 Å². The molecule has 4 heterocycles. The van der Waals surface area contributed by atoms with Gasteiger partial charge in [-0.3, -0.25) is 9.59 Å². The van der Waals surface area contributed by atoms with Crippen LogP contribution < -0.4 is 11.0 Å². The fourth-order valence-electron chi connectivity index (χ4n) is 3.43. The lowest BCUT2D eigenvalue weighted by Crippen LogP contribution is -2.32. The number of cyclic esters (lactones) is 1. The van der Waals surface area contributed by atoms with Gasteiger partial charge in [0.25, 0.3) is 5.56 Å². The van der Waals surface area contributed by atoms with Gasteiger partial charge in [0, 0.05) is 11.1 Å². The molecule has 1 N–H and O–H groups in total. The topological polar surface area (TPSA) is 102 Å². The number of esters is 1. The molecule has 8 heteroatoms. The summed E-state index contributed by atoms with van der Waals surface area (Å²) in [6.07, 6.45) is -1.48. The monoisotopic (exact) mass is 465 g/mol. The van der Waals surface area contributed by atoms with Gasteiger partial charge in [-0.05, 0) is 51.0 Å². The summed E-state index contributed by atoms with van der Waals surface area (Å²) in [5, 5.41) is 10.7. The Morgan fingerprint density at radius 1 is 1.18 bits per heavy atom. The average molecular weight is 466 g/mol. The maximum absolute atomic E-state index is 12.8. The molecule has 2 aromatic heterocycles. The van der Waals surface area contributed by atoms with Gasteiger partial charge >= 0.3 is 5.97 Å². The highest BCUT2D eigenvalue weighted by molar-refractivity contribution is 5.83. The molecule has 5 rings (SSSR count). The zero-order chi connectivity index (χ0) is 24.3. The summed E-state index contributed by atoms with van der Waals surface area (Å²) >= 11 is 0. The van der Waals surface area contributed by atoms with Gasteiger partial charge in [-0.25, -0.2) is 9.78 Å². The maximum Gasteiger partial charge on any atom is 0.340 e. The van der Waals surface area contributed by atoms with Crippen LogP contribution in [0.2, 0.25) is 0 Å². The molecule has 1 unspecified atom stereocenters. The predicted molar refractivity (Wildman–Crippen MR) is 132 cm³/mol. The molecule has 0 saturated heterocycles. The van der Waals surface area contributed by atoms with Crippen LogP contribution in [0.25, 0.3) is 22.3 Å². The van der Waals surface area contributed by atoms with Crippen molar-refractivity contribution in [3.8, 4) is 11.4 Å². The van der Waals surface area contributed by atoms with Crippen LogP contribution >= 0.6 is 0 Å². The van der Waals surface area contributed by atoms with E-state index in [0.717, 1.165) is 12.1 Å². The van der Waals surface area contributed by atoms with Crippen LogP contribution in [0.15, 0.2) is 33.9 Å². The fourth-order valence-corrected chi connectivity index (χ4v) is 3.43. The molecule has 1 aromatic carbocycles. The zero-order valence-corrected chi connectivity index (χ0v) is 19.4. The number of rotatable bonds is 1. The fraction of sp³-hybridized carbons (Fsp3) is 0.385. The van der Waals surface area contributed by atoms with Crippen molar-refractivity contribution in [1.82, 2.24) is 14.5 Å². The minimum atomic E-state index is -1.48. The van der Waals surface area contributed by atoms with E-state index >= 15 is 0 Å². The third-order valence-electron chi connectivity index (χ3n) is 5.36. The van der Waals surface area contributed by atoms with Crippen LogP contribution in [0, 0.1) is 12.1 Å². The Bertz CT molecular complexity index is 1310. The second-order valence-corrected chi connectivity index (χ2v) is 7.64. The third kappa shape index (κ3) is 5.01. The molecule has 0 saturated carbocycles. The van der Waals surface area contributed by atoms with Gasteiger partial charge in [0.2, 0.25) is 5.43 Å². The number of hydrogen-bond acceptors (Lipinski definition) is 7. The Balaban J connectivity index is 0.000000457. The van der Waals surface area contributed by atoms with Crippen LogP contribution in [-0.2, 0) is 22.7 Å². The number of aliphatic hydroxyl groups is 1. The minimum absolute atomic E-state index is 0. The van der Waals surface area contributed by atoms with E-state index in [1.54, 1.807) is 16.7 Å². The molecule has 2 aliphatic heterocycles. The maximum atomic E-state index is 12.8. The Hall–Kier alpha value is -3.54. The number of hydrogen-bond donors (Lipinski definition) is 1. The number of carbonyl (C=O) groups is 1. The molecule has 0 radical (unpaired) electrons. The number of nitrogens with zero attached hydrogens (tertiary/aromatic N) is 3. The first-order valence-corrected chi connectivity index (χ1v) is 10.8. The lowest BCUT2D eigenvalue weighted by atomic mass is 10.0. The quantitative estimate of drug-likeness (QED) is 0.431. The van der Waals surface area contributed by atoms with Crippen molar-refractivity contribution in [2.45, 2.75) is 47.5 Å². The van der Waals surface area contributed by atoms with E-state index in [9.17, 15) is 19.5 Å². The minimum Gasteiger partial charge on any atom is -0.458 e. The summed E-state index contributed by atoms with van der Waals surface area (Å²) in [6, 6.07) is 11.7. The highest BCUT2D eigenvalue weighted by Gasteiger charge is 2.33. The van der Waals surface area contributed by atoms with Crippen molar-refractivity contribution in [2.24, 2.45) is 0 Å². The molecule has 0 amide bonds. The first-order valence-electron chi connectivity index (χ1n) is 10.8. The van der Waals surface area contributed by atoms with Crippen molar-refractivity contribution in [2.75, 3.05) is 20.6 Å². The predicted octanol–water partition coefficient (Wildman–Crippen LogP) is 2.71. The molecule has 0 bridgehead atoms. The Morgan fingerprint density at radius 3 is 2.50 bits per heavy atom. The number of aliphatic hydroxyl groups excluding tert-OH is 1. The molecule has 2 aliphatic rings. The lowest BCUT2D eigenvalue weighted by molar-refractivity contribution is -0.157. The van der Waals surface area contributed by atoms with Gasteiger partial charge in [0.15, 0.2) is 6.10 Å².